The largest absolute Gasteiger partial charge is 0.348 e. The molecule has 11 heavy (non-hydrogen) atoms. The molecule has 0 amide bonds. The van der Waals surface area contributed by atoms with E-state index in [-0.39, 0.29) is 0 Å². The fraction of sp³-hybridized carbons (Fsp3) is 0.625. The summed E-state index contributed by atoms with van der Waals surface area (Å²) in [5.74, 6) is 0. The summed E-state index contributed by atoms with van der Waals surface area (Å²) in [5.41, 5.74) is 2.54. The molecule has 60 valence electrons. The number of hydrogen-bond donors (Lipinski definition) is 2. The molecule has 3 heteroatoms. The quantitative estimate of drug-likeness (QED) is 0.628. The van der Waals surface area contributed by atoms with Crippen molar-refractivity contribution >= 4 is 0 Å². The highest BCUT2D eigenvalue weighted by Gasteiger charge is 2.20. The van der Waals surface area contributed by atoms with E-state index < -0.39 is 0 Å². The molecule has 1 aliphatic rings. The zero-order chi connectivity index (χ0) is 7.68. The Kier molecular flexibility index (Phi) is 1.66. The van der Waals surface area contributed by atoms with Gasteiger partial charge in [0, 0.05) is 5.69 Å². The highest BCUT2D eigenvalue weighted by Crippen LogP contribution is 2.25. The van der Waals surface area contributed by atoms with Gasteiger partial charge in [-0.2, -0.15) is 0 Å². The van der Waals surface area contributed by atoms with E-state index in [0.29, 0.717) is 6.04 Å². The second kappa shape index (κ2) is 2.66. The van der Waals surface area contributed by atoms with Gasteiger partial charge in [-0.15, -0.1) is 0 Å². The van der Waals surface area contributed by atoms with Gasteiger partial charge < -0.3 is 10.3 Å². The molecule has 0 unspecified atom stereocenters. The van der Waals surface area contributed by atoms with Crippen molar-refractivity contribution in [2.24, 2.45) is 0 Å². The molecule has 1 atom stereocenters. The predicted molar refractivity (Wildman–Crippen MR) is 43.3 cm³/mol. The average Bonchev–Trinajstić information content (AvgIpc) is 2.50. The van der Waals surface area contributed by atoms with Crippen LogP contribution in [0.4, 0.5) is 0 Å². The number of rotatable bonds is 1. The molecule has 0 bridgehead atoms. The van der Waals surface area contributed by atoms with E-state index in [1.54, 1.807) is 6.33 Å². The third-order valence-electron chi connectivity index (χ3n) is 2.35. The van der Waals surface area contributed by atoms with Crippen LogP contribution in [0.5, 0.6) is 0 Å². The lowest BCUT2D eigenvalue weighted by Gasteiger charge is -2.19. The molecular weight excluding hydrogens is 138 g/mol. The van der Waals surface area contributed by atoms with Crippen LogP contribution in [0.2, 0.25) is 0 Å². The van der Waals surface area contributed by atoms with Crippen LogP contribution in [-0.4, -0.2) is 17.0 Å². The van der Waals surface area contributed by atoms with Crippen molar-refractivity contribution in [3.63, 3.8) is 0 Å². The van der Waals surface area contributed by atoms with E-state index in [0.717, 1.165) is 6.42 Å². The maximum Gasteiger partial charge on any atom is 0.0925 e. The van der Waals surface area contributed by atoms with Crippen LogP contribution < -0.4 is 5.32 Å². The molecule has 0 aliphatic heterocycles. The van der Waals surface area contributed by atoms with Crippen LogP contribution in [0.25, 0.3) is 0 Å². The van der Waals surface area contributed by atoms with E-state index in [9.17, 15) is 0 Å². The summed E-state index contributed by atoms with van der Waals surface area (Å²) >= 11 is 0. The monoisotopic (exact) mass is 151 g/mol. The molecule has 0 spiro atoms. The number of hydrogen-bond acceptors (Lipinski definition) is 2. The molecule has 0 aromatic carbocycles. The molecule has 1 heterocycles. The molecule has 1 aliphatic carbocycles. The minimum Gasteiger partial charge on any atom is -0.348 e. The third-order valence-corrected chi connectivity index (χ3v) is 2.35. The van der Waals surface area contributed by atoms with Crippen LogP contribution in [0.3, 0.4) is 0 Å². The van der Waals surface area contributed by atoms with Crippen LogP contribution >= 0.6 is 0 Å². The summed E-state index contributed by atoms with van der Waals surface area (Å²) in [6, 6.07) is 0.477. The number of aromatic nitrogens is 2. The number of nitrogens with zero attached hydrogens (tertiary/aromatic N) is 1. The van der Waals surface area contributed by atoms with Crippen molar-refractivity contribution in [1.29, 1.82) is 0 Å². The number of nitrogens with one attached hydrogen (secondary N) is 2. The molecule has 0 saturated carbocycles. The molecule has 0 radical (unpaired) electrons. The van der Waals surface area contributed by atoms with Crippen molar-refractivity contribution in [2.45, 2.75) is 25.3 Å². The maximum absolute atomic E-state index is 4.29. The Balaban J connectivity index is 2.32. The number of H-pyrrole nitrogens is 1. The van der Waals surface area contributed by atoms with E-state index in [1.807, 2.05) is 7.05 Å². The first-order valence-electron chi connectivity index (χ1n) is 4.11. The molecule has 2 rings (SSSR count). The zero-order valence-corrected chi connectivity index (χ0v) is 6.72. The van der Waals surface area contributed by atoms with Gasteiger partial charge in [0.15, 0.2) is 0 Å². The van der Waals surface area contributed by atoms with Gasteiger partial charge >= 0.3 is 0 Å². The summed E-state index contributed by atoms with van der Waals surface area (Å²) in [6.45, 7) is 0. The average molecular weight is 151 g/mol. The fourth-order valence-corrected chi connectivity index (χ4v) is 1.73. The van der Waals surface area contributed by atoms with Crippen molar-refractivity contribution in [3.05, 3.63) is 17.7 Å². The SMILES string of the molecule is CN[C@H]1CCCc2[nH]cnc21. The topological polar surface area (TPSA) is 40.7 Å². The first-order chi connectivity index (χ1) is 5.42. The molecule has 0 saturated heterocycles. The number of aromatic amines is 1. The van der Waals surface area contributed by atoms with E-state index in [4.69, 9.17) is 0 Å². The maximum atomic E-state index is 4.29. The van der Waals surface area contributed by atoms with E-state index >= 15 is 0 Å². The lowest BCUT2D eigenvalue weighted by atomic mass is 9.96. The Morgan fingerprint density at radius 3 is 3.45 bits per heavy atom. The summed E-state index contributed by atoms with van der Waals surface area (Å²) < 4.78 is 0. The smallest absolute Gasteiger partial charge is 0.0925 e. The van der Waals surface area contributed by atoms with Crippen molar-refractivity contribution < 1.29 is 0 Å². The highest BCUT2D eigenvalue weighted by atomic mass is 15.0. The molecule has 3 nitrogen and oxygen atoms in total. The standard InChI is InChI=1S/C8H13N3/c1-9-6-3-2-4-7-8(6)11-5-10-7/h5-6,9H,2-4H2,1H3,(H,10,11)/t6-/m0/s1. The summed E-state index contributed by atoms with van der Waals surface area (Å²) in [4.78, 5) is 7.46. The first kappa shape index (κ1) is 6.85. The Hall–Kier alpha value is -0.830. The molecular formula is C8H13N3. The third kappa shape index (κ3) is 1.05. The van der Waals surface area contributed by atoms with Crippen LogP contribution in [0.15, 0.2) is 6.33 Å². The molecule has 2 N–H and O–H groups in total. The number of imidazole rings is 1. The zero-order valence-electron chi connectivity index (χ0n) is 6.72. The van der Waals surface area contributed by atoms with Crippen molar-refractivity contribution in [3.8, 4) is 0 Å². The van der Waals surface area contributed by atoms with Crippen LogP contribution in [0.1, 0.15) is 30.3 Å². The van der Waals surface area contributed by atoms with Crippen LogP contribution in [-0.2, 0) is 6.42 Å². The van der Waals surface area contributed by atoms with Crippen molar-refractivity contribution in [1.82, 2.24) is 15.3 Å². The second-order valence-corrected chi connectivity index (χ2v) is 3.00. The molecule has 0 fully saturated rings. The minimum absolute atomic E-state index is 0.477. The normalized spacial score (nSPS) is 23.2. The van der Waals surface area contributed by atoms with Gasteiger partial charge in [0.05, 0.1) is 18.1 Å². The van der Waals surface area contributed by atoms with Gasteiger partial charge in [-0.05, 0) is 26.3 Å². The van der Waals surface area contributed by atoms with E-state index in [1.165, 1.54) is 24.2 Å². The Bertz CT molecular complexity index is 241. The first-order valence-corrected chi connectivity index (χ1v) is 4.11. The number of fused-ring (bicyclic) bond motifs is 1. The predicted octanol–water partition coefficient (Wildman–Crippen LogP) is 1.01. The summed E-state index contributed by atoms with van der Waals surface area (Å²) in [6.07, 6.45) is 5.43. The van der Waals surface area contributed by atoms with Gasteiger partial charge in [0.25, 0.3) is 0 Å². The molecule has 1 aromatic rings. The fourth-order valence-electron chi connectivity index (χ4n) is 1.73. The summed E-state index contributed by atoms with van der Waals surface area (Å²) in [7, 11) is 1.99. The summed E-state index contributed by atoms with van der Waals surface area (Å²) in [5, 5.41) is 3.26. The van der Waals surface area contributed by atoms with Gasteiger partial charge in [0.2, 0.25) is 0 Å². The van der Waals surface area contributed by atoms with Gasteiger partial charge in [0.1, 0.15) is 0 Å². The lowest BCUT2D eigenvalue weighted by molar-refractivity contribution is 0.484. The lowest BCUT2D eigenvalue weighted by Crippen LogP contribution is -2.21. The van der Waals surface area contributed by atoms with Crippen LogP contribution in [0, 0.1) is 0 Å². The van der Waals surface area contributed by atoms with Crippen molar-refractivity contribution in [2.75, 3.05) is 7.05 Å². The highest BCUT2D eigenvalue weighted by molar-refractivity contribution is 5.18. The van der Waals surface area contributed by atoms with Gasteiger partial charge in [-0.1, -0.05) is 0 Å². The van der Waals surface area contributed by atoms with Gasteiger partial charge in [-0.25, -0.2) is 4.98 Å². The van der Waals surface area contributed by atoms with E-state index in [2.05, 4.69) is 15.3 Å². The molecule has 1 aromatic heterocycles. The Morgan fingerprint density at radius 1 is 1.73 bits per heavy atom. The second-order valence-electron chi connectivity index (χ2n) is 3.00. The van der Waals surface area contributed by atoms with Gasteiger partial charge in [-0.3, -0.25) is 0 Å². The minimum atomic E-state index is 0.477. The number of aryl methyl sites for hydroxylation is 1. The Labute approximate surface area is 66.2 Å². The Morgan fingerprint density at radius 2 is 2.64 bits per heavy atom.